The Balaban J connectivity index is 1.43. The number of ketones is 1. The highest BCUT2D eigenvalue weighted by molar-refractivity contribution is 5.96. The zero-order valence-electron chi connectivity index (χ0n) is 16.2. The van der Waals surface area contributed by atoms with Crippen LogP contribution < -0.4 is 9.64 Å². The van der Waals surface area contributed by atoms with E-state index in [1.807, 2.05) is 30.6 Å². The number of anilines is 1. The van der Waals surface area contributed by atoms with Gasteiger partial charge in [-0.25, -0.2) is 9.78 Å². The first-order chi connectivity index (χ1) is 14.1. The molecule has 1 saturated heterocycles. The number of carbonyl (C=O) groups is 2. The van der Waals surface area contributed by atoms with Crippen molar-refractivity contribution in [3.05, 3.63) is 60.4 Å². The summed E-state index contributed by atoms with van der Waals surface area (Å²) in [5.74, 6) is 0.551. The third-order valence-corrected chi connectivity index (χ3v) is 4.90. The van der Waals surface area contributed by atoms with Gasteiger partial charge < -0.3 is 19.5 Å². The van der Waals surface area contributed by atoms with Crippen LogP contribution in [-0.2, 0) is 4.79 Å². The quantitative estimate of drug-likeness (QED) is 0.690. The van der Waals surface area contributed by atoms with Crippen molar-refractivity contribution in [1.29, 1.82) is 0 Å². The van der Waals surface area contributed by atoms with Gasteiger partial charge in [0.1, 0.15) is 11.4 Å². The van der Waals surface area contributed by atoms with Crippen molar-refractivity contribution in [1.82, 2.24) is 14.9 Å². The fraction of sp³-hybridized carbons (Fsp3) is 0.227. The van der Waals surface area contributed by atoms with Gasteiger partial charge in [-0.2, -0.15) is 0 Å². The number of allylic oxidation sites excluding steroid dienone is 1. The SMILES string of the molecule is CC(=O)/C=C/c1c[nH]c2ncc(N3CCN(C(=O)Oc4ccccc4)CC3)cc12. The molecule has 0 spiro atoms. The van der Waals surface area contributed by atoms with E-state index in [1.54, 1.807) is 29.2 Å². The summed E-state index contributed by atoms with van der Waals surface area (Å²) in [4.78, 5) is 35.1. The van der Waals surface area contributed by atoms with Crippen molar-refractivity contribution < 1.29 is 14.3 Å². The summed E-state index contributed by atoms with van der Waals surface area (Å²) in [6.45, 7) is 4.07. The number of benzene rings is 1. The van der Waals surface area contributed by atoms with Crippen molar-refractivity contribution >= 4 is 34.7 Å². The number of piperazine rings is 1. The molecule has 0 radical (unpaired) electrons. The van der Waals surface area contributed by atoms with Crippen LogP contribution in [0.25, 0.3) is 17.1 Å². The third kappa shape index (κ3) is 4.29. The standard InChI is InChI=1S/C22H22N4O3/c1-16(27)7-8-17-14-23-21-20(17)13-18(15-24-21)25-9-11-26(12-10-25)22(28)29-19-5-3-2-4-6-19/h2-8,13-15H,9-12H2,1H3,(H,23,24)/b8-7+. The lowest BCUT2D eigenvalue weighted by atomic mass is 10.1. The number of para-hydroxylation sites is 1. The van der Waals surface area contributed by atoms with E-state index in [2.05, 4.69) is 20.9 Å². The Morgan fingerprint density at radius 3 is 2.62 bits per heavy atom. The number of nitrogens with zero attached hydrogens (tertiary/aromatic N) is 3. The highest BCUT2D eigenvalue weighted by atomic mass is 16.6. The first-order valence-corrected chi connectivity index (χ1v) is 9.53. The van der Waals surface area contributed by atoms with Crippen molar-refractivity contribution in [3.8, 4) is 5.75 Å². The van der Waals surface area contributed by atoms with Crippen LogP contribution >= 0.6 is 0 Å². The van der Waals surface area contributed by atoms with Crippen molar-refractivity contribution in [2.45, 2.75) is 6.92 Å². The molecule has 1 N–H and O–H groups in total. The monoisotopic (exact) mass is 390 g/mol. The Bertz CT molecular complexity index is 1050. The second kappa shape index (κ2) is 8.18. The molecular weight excluding hydrogens is 368 g/mol. The molecule has 7 nitrogen and oxygen atoms in total. The fourth-order valence-corrected chi connectivity index (χ4v) is 3.33. The molecule has 0 unspecified atom stereocenters. The zero-order chi connectivity index (χ0) is 20.2. The number of amides is 1. The van der Waals surface area contributed by atoms with Crippen LogP contribution in [0.4, 0.5) is 10.5 Å². The maximum atomic E-state index is 12.4. The topological polar surface area (TPSA) is 78.5 Å². The summed E-state index contributed by atoms with van der Waals surface area (Å²) in [5.41, 5.74) is 2.70. The highest BCUT2D eigenvalue weighted by Gasteiger charge is 2.23. The molecule has 1 aromatic carbocycles. The predicted octanol–water partition coefficient (Wildman–Crippen LogP) is 3.49. The molecule has 148 valence electrons. The molecule has 0 saturated carbocycles. The fourth-order valence-electron chi connectivity index (χ4n) is 3.33. The molecule has 2 aromatic heterocycles. The summed E-state index contributed by atoms with van der Waals surface area (Å²) in [6.07, 6.45) is 6.69. The molecular formula is C22H22N4O3. The van der Waals surface area contributed by atoms with Crippen LogP contribution in [0.3, 0.4) is 0 Å². The summed E-state index contributed by atoms with van der Waals surface area (Å²) in [7, 11) is 0. The molecule has 7 heteroatoms. The average molecular weight is 390 g/mol. The van der Waals surface area contributed by atoms with E-state index in [9.17, 15) is 9.59 Å². The largest absolute Gasteiger partial charge is 0.415 e. The second-order valence-corrected chi connectivity index (χ2v) is 6.93. The Labute approximate surface area is 168 Å². The number of rotatable bonds is 4. The molecule has 1 amide bonds. The normalized spacial score (nSPS) is 14.5. The molecule has 3 heterocycles. The van der Waals surface area contributed by atoms with E-state index >= 15 is 0 Å². The minimum absolute atomic E-state index is 0.00183. The Kier molecular flexibility index (Phi) is 5.29. The van der Waals surface area contributed by atoms with Crippen LogP contribution in [0.1, 0.15) is 12.5 Å². The number of H-pyrrole nitrogens is 1. The second-order valence-electron chi connectivity index (χ2n) is 6.93. The number of hydrogen-bond acceptors (Lipinski definition) is 5. The predicted molar refractivity (Wildman–Crippen MR) is 112 cm³/mol. The molecule has 0 bridgehead atoms. The van der Waals surface area contributed by atoms with Crippen LogP contribution in [-0.4, -0.2) is 52.9 Å². The molecule has 1 fully saturated rings. The third-order valence-electron chi connectivity index (χ3n) is 4.90. The highest BCUT2D eigenvalue weighted by Crippen LogP contribution is 2.24. The van der Waals surface area contributed by atoms with Gasteiger partial charge in [0.05, 0.1) is 11.9 Å². The Morgan fingerprint density at radius 2 is 1.90 bits per heavy atom. The molecule has 29 heavy (non-hydrogen) atoms. The van der Waals surface area contributed by atoms with Gasteiger partial charge in [0, 0.05) is 43.3 Å². The van der Waals surface area contributed by atoms with Crippen LogP contribution in [0.2, 0.25) is 0 Å². The van der Waals surface area contributed by atoms with E-state index in [4.69, 9.17) is 4.74 Å². The van der Waals surface area contributed by atoms with Gasteiger partial charge in [0.25, 0.3) is 0 Å². The number of fused-ring (bicyclic) bond motifs is 1. The summed E-state index contributed by atoms with van der Waals surface area (Å²) in [6, 6.07) is 11.2. The Hall–Kier alpha value is -3.61. The van der Waals surface area contributed by atoms with Gasteiger partial charge in [-0.3, -0.25) is 4.79 Å². The lowest BCUT2D eigenvalue weighted by Crippen LogP contribution is -2.49. The van der Waals surface area contributed by atoms with Crippen LogP contribution in [0.15, 0.2) is 54.9 Å². The Morgan fingerprint density at radius 1 is 1.14 bits per heavy atom. The van der Waals surface area contributed by atoms with Gasteiger partial charge >= 0.3 is 6.09 Å². The van der Waals surface area contributed by atoms with E-state index in [0.29, 0.717) is 31.9 Å². The molecule has 3 aromatic rings. The number of hydrogen-bond donors (Lipinski definition) is 1. The maximum absolute atomic E-state index is 12.4. The number of pyridine rings is 1. The van der Waals surface area contributed by atoms with Crippen LogP contribution in [0, 0.1) is 0 Å². The summed E-state index contributed by atoms with van der Waals surface area (Å²) >= 11 is 0. The lowest BCUT2D eigenvalue weighted by Gasteiger charge is -2.35. The summed E-state index contributed by atoms with van der Waals surface area (Å²) < 4.78 is 5.42. The van der Waals surface area contributed by atoms with Crippen molar-refractivity contribution in [3.63, 3.8) is 0 Å². The molecule has 0 aliphatic carbocycles. The van der Waals surface area contributed by atoms with Crippen LogP contribution in [0.5, 0.6) is 5.75 Å². The average Bonchev–Trinajstić information content (AvgIpc) is 3.15. The number of aromatic amines is 1. The van der Waals surface area contributed by atoms with Gasteiger partial charge in [-0.05, 0) is 37.3 Å². The van der Waals surface area contributed by atoms with E-state index in [1.165, 1.54) is 6.92 Å². The van der Waals surface area contributed by atoms with Gasteiger partial charge in [-0.1, -0.05) is 18.2 Å². The van der Waals surface area contributed by atoms with Crippen molar-refractivity contribution in [2.24, 2.45) is 0 Å². The molecule has 1 aliphatic heterocycles. The zero-order valence-corrected chi connectivity index (χ0v) is 16.2. The van der Waals surface area contributed by atoms with E-state index < -0.39 is 0 Å². The number of aromatic nitrogens is 2. The lowest BCUT2D eigenvalue weighted by molar-refractivity contribution is -0.112. The first kappa shape index (κ1) is 18.7. The minimum atomic E-state index is -0.327. The number of carbonyl (C=O) groups excluding carboxylic acids is 2. The van der Waals surface area contributed by atoms with Gasteiger partial charge in [0.15, 0.2) is 5.78 Å². The number of ether oxygens (including phenoxy) is 1. The van der Waals surface area contributed by atoms with Gasteiger partial charge in [0.2, 0.25) is 0 Å². The van der Waals surface area contributed by atoms with E-state index in [0.717, 1.165) is 22.3 Å². The molecule has 0 atom stereocenters. The smallest absolute Gasteiger partial charge is 0.410 e. The summed E-state index contributed by atoms with van der Waals surface area (Å²) in [5, 5.41) is 0.964. The molecule has 1 aliphatic rings. The first-order valence-electron chi connectivity index (χ1n) is 9.53. The minimum Gasteiger partial charge on any atom is -0.410 e. The number of nitrogens with one attached hydrogen (secondary N) is 1. The maximum Gasteiger partial charge on any atom is 0.415 e. The van der Waals surface area contributed by atoms with Gasteiger partial charge in [-0.15, -0.1) is 0 Å². The van der Waals surface area contributed by atoms with E-state index in [-0.39, 0.29) is 11.9 Å². The van der Waals surface area contributed by atoms with Crippen molar-refractivity contribution in [2.75, 3.05) is 31.1 Å². The molecule has 4 rings (SSSR count).